The topological polar surface area (TPSA) is 62.4 Å². The first-order valence-electron chi connectivity index (χ1n) is 8.86. The molecule has 28 heavy (non-hydrogen) atoms. The van der Waals surface area contributed by atoms with Gasteiger partial charge in [0.2, 0.25) is 0 Å². The lowest BCUT2D eigenvalue weighted by Crippen LogP contribution is -2.48. The van der Waals surface area contributed by atoms with Gasteiger partial charge in [-0.1, -0.05) is 60.7 Å². The summed E-state index contributed by atoms with van der Waals surface area (Å²) in [7, 11) is 0. The molecule has 5 nitrogen and oxygen atoms in total. The van der Waals surface area contributed by atoms with Crippen LogP contribution in [0.4, 0.5) is 5.69 Å². The molecule has 0 aliphatic carbocycles. The largest absolute Gasteiger partial charge is 0.481 e. The summed E-state index contributed by atoms with van der Waals surface area (Å²) in [5.41, 5.74) is 8.26. The minimum absolute atomic E-state index is 0.291. The molecule has 0 saturated carbocycles. The molecule has 0 unspecified atom stereocenters. The van der Waals surface area contributed by atoms with Gasteiger partial charge in [0.05, 0.1) is 0 Å². The molecule has 3 rings (SSSR count). The zero-order chi connectivity index (χ0) is 19.8. The fourth-order valence-electron chi connectivity index (χ4n) is 2.52. The van der Waals surface area contributed by atoms with E-state index in [0.29, 0.717) is 10.9 Å². The van der Waals surface area contributed by atoms with Crippen LogP contribution in [-0.4, -0.2) is 17.1 Å². The average molecular weight is 391 g/mol. The van der Waals surface area contributed by atoms with Crippen molar-refractivity contribution in [2.75, 3.05) is 5.32 Å². The number of nitrogens with one attached hydrogen (secondary N) is 3. The average Bonchev–Trinajstić information content (AvgIpc) is 2.74. The lowest BCUT2D eigenvalue weighted by molar-refractivity contribution is -0.127. The highest BCUT2D eigenvalue weighted by atomic mass is 32.1. The van der Waals surface area contributed by atoms with Crippen LogP contribution in [0.3, 0.4) is 0 Å². The van der Waals surface area contributed by atoms with Crippen LogP contribution >= 0.6 is 12.2 Å². The fourth-order valence-corrected chi connectivity index (χ4v) is 2.69. The Kier molecular flexibility index (Phi) is 6.59. The Morgan fingerprint density at radius 3 is 2.04 bits per heavy atom. The Morgan fingerprint density at radius 1 is 0.821 bits per heavy atom. The number of para-hydroxylation sites is 1. The molecule has 1 atom stereocenters. The molecule has 0 radical (unpaired) electrons. The van der Waals surface area contributed by atoms with Crippen molar-refractivity contribution in [3.8, 4) is 16.9 Å². The first-order chi connectivity index (χ1) is 13.6. The van der Waals surface area contributed by atoms with Gasteiger partial charge in [-0.2, -0.15) is 0 Å². The second-order valence-corrected chi connectivity index (χ2v) is 6.49. The van der Waals surface area contributed by atoms with E-state index in [-0.39, 0.29) is 5.91 Å². The highest BCUT2D eigenvalue weighted by Crippen LogP contribution is 2.22. The van der Waals surface area contributed by atoms with Gasteiger partial charge in [-0.15, -0.1) is 0 Å². The van der Waals surface area contributed by atoms with Gasteiger partial charge >= 0.3 is 0 Å². The maximum Gasteiger partial charge on any atom is 0.279 e. The van der Waals surface area contributed by atoms with Crippen molar-refractivity contribution >= 4 is 28.9 Å². The van der Waals surface area contributed by atoms with Crippen molar-refractivity contribution in [3.63, 3.8) is 0 Å². The first kappa shape index (κ1) is 19.4. The number of hydrazine groups is 1. The summed E-state index contributed by atoms with van der Waals surface area (Å²) in [5, 5.41) is 3.26. The maximum atomic E-state index is 12.2. The number of benzene rings is 3. The van der Waals surface area contributed by atoms with E-state index in [1.54, 1.807) is 6.92 Å². The highest BCUT2D eigenvalue weighted by Gasteiger charge is 2.14. The van der Waals surface area contributed by atoms with E-state index in [9.17, 15) is 4.79 Å². The van der Waals surface area contributed by atoms with Crippen molar-refractivity contribution in [1.29, 1.82) is 0 Å². The van der Waals surface area contributed by atoms with Crippen LogP contribution in [0.1, 0.15) is 6.92 Å². The zero-order valence-electron chi connectivity index (χ0n) is 15.4. The minimum atomic E-state index is -0.686. The Balaban J connectivity index is 1.48. The number of rotatable bonds is 5. The van der Waals surface area contributed by atoms with Crippen molar-refractivity contribution in [1.82, 2.24) is 10.9 Å². The smallest absolute Gasteiger partial charge is 0.279 e. The quantitative estimate of drug-likeness (QED) is 0.451. The Morgan fingerprint density at radius 2 is 1.39 bits per heavy atom. The molecule has 3 aromatic carbocycles. The standard InChI is InChI=1S/C22H21N3O2S/c1-16(21(26)24-25-22(28)23-19-10-6-3-7-11-19)27-20-14-12-18(13-15-20)17-8-4-2-5-9-17/h2-16H,1H3,(H,24,26)(H2,23,25,28)/t16-/m0/s1. The van der Waals surface area contributed by atoms with Gasteiger partial charge in [0, 0.05) is 5.69 Å². The summed E-state index contributed by atoms with van der Waals surface area (Å²) < 4.78 is 5.70. The summed E-state index contributed by atoms with van der Waals surface area (Å²) in [5.74, 6) is 0.289. The van der Waals surface area contributed by atoms with Crippen LogP contribution in [0.5, 0.6) is 5.75 Å². The predicted octanol–water partition coefficient (Wildman–Crippen LogP) is 4.14. The number of amides is 1. The number of thiocarbonyl (C=S) groups is 1. The van der Waals surface area contributed by atoms with E-state index in [0.717, 1.165) is 16.8 Å². The number of carbonyl (C=O) groups excluding carboxylic acids is 1. The maximum absolute atomic E-state index is 12.2. The number of hydrogen-bond acceptors (Lipinski definition) is 3. The highest BCUT2D eigenvalue weighted by molar-refractivity contribution is 7.80. The summed E-state index contributed by atoms with van der Waals surface area (Å²) in [6.45, 7) is 1.68. The third-order valence-electron chi connectivity index (χ3n) is 3.97. The number of hydrogen-bond donors (Lipinski definition) is 3. The molecule has 0 fully saturated rings. The molecule has 0 aliphatic rings. The second-order valence-electron chi connectivity index (χ2n) is 6.08. The SMILES string of the molecule is C[C@H](Oc1ccc(-c2ccccc2)cc1)C(=O)NNC(=S)Nc1ccccc1. The van der Waals surface area contributed by atoms with Crippen molar-refractivity contribution in [2.24, 2.45) is 0 Å². The molecule has 0 aromatic heterocycles. The molecule has 0 bridgehead atoms. The van der Waals surface area contributed by atoms with E-state index in [4.69, 9.17) is 17.0 Å². The molecule has 0 saturated heterocycles. The molecule has 3 aromatic rings. The zero-order valence-corrected chi connectivity index (χ0v) is 16.2. The Labute approximate surface area is 169 Å². The van der Waals surface area contributed by atoms with Crippen LogP contribution < -0.4 is 20.9 Å². The predicted molar refractivity (Wildman–Crippen MR) is 116 cm³/mol. The summed E-state index contributed by atoms with van der Waals surface area (Å²) in [4.78, 5) is 12.2. The number of carbonyl (C=O) groups is 1. The van der Waals surface area contributed by atoms with E-state index < -0.39 is 6.10 Å². The molecule has 6 heteroatoms. The molecule has 3 N–H and O–H groups in total. The van der Waals surface area contributed by atoms with Gasteiger partial charge in [-0.3, -0.25) is 15.6 Å². The monoisotopic (exact) mass is 391 g/mol. The van der Waals surface area contributed by atoms with E-state index in [1.807, 2.05) is 84.9 Å². The second kappa shape index (κ2) is 9.53. The third kappa shape index (κ3) is 5.56. The Hall–Kier alpha value is -3.38. The van der Waals surface area contributed by atoms with Crippen LogP contribution in [0.25, 0.3) is 11.1 Å². The summed E-state index contributed by atoms with van der Waals surface area (Å²) >= 11 is 5.15. The van der Waals surface area contributed by atoms with E-state index in [1.165, 1.54) is 0 Å². The Bertz CT molecular complexity index is 916. The molecule has 142 valence electrons. The van der Waals surface area contributed by atoms with Gasteiger partial charge in [-0.25, -0.2) is 0 Å². The number of ether oxygens (including phenoxy) is 1. The summed E-state index contributed by atoms with van der Waals surface area (Å²) in [6.07, 6.45) is -0.686. The molecule has 1 amide bonds. The van der Waals surface area contributed by atoms with Gasteiger partial charge in [0.1, 0.15) is 5.75 Å². The lowest BCUT2D eigenvalue weighted by atomic mass is 10.1. The normalized spacial score (nSPS) is 11.2. The molecule has 0 spiro atoms. The molecule has 0 aliphatic heterocycles. The van der Waals surface area contributed by atoms with Crippen LogP contribution in [-0.2, 0) is 4.79 Å². The van der Waals surface area contributed by atoms with Crippen LogP contribution in [0.2, 0.25) is 0 Å². The fraction of sp³-hybridized carbons (Fsp3) is 0.0909. The third-order valence-corrected chi connectivity index (χ3v) is 4.18. The molecular weight excluding hydrogens is 370 g/mol. The summed E-state index contributed by atoms with van der Waals surface area (Å²) in [6, 6.07) is 27.1. The molecular formula is C22H21N3O2S. The lowest BCUT2D eigenvalue weighted by Gasteiger charge is -2.16. The van der Waals surface area contributed by atoms with Crippen LogP contribution in [0, 0.1) is 0 Å². The minimum Gasteiger partial charge on any atom is -0.481 e. The van der Waals surface area contributed by atoms with Gasteiger partial charge in [0.25, 0.3) is 5.91 Å². The number of anilines is 1. The van der Waals surface area contributed by atoms with E-state index in [2.05, 4.69) is 16.2 Å². The van der Waals surface area contributed by atoms with Crippen molar-refractivity contribution in [2.45, 2.75) is 13.0 Å². The van der Waals surface area contributed by atoms with Gasteiger partial charge in [-0.05, 0) is 54.5 Å². The van der Waals surface area contributed by atoms with Crippen molar-refractivity contribution < 1.29 is 9.53 Å². The van der Waals surface area contributed by atoms with Crippen LogP contribution in [0.15, 0.2) is 84.9 Å². The van der Waals surface area contributed by atoms with Crippen molar-refractivity contribution in [3.05, 3.63) is 84.9 Å². The van der Waals surface area contributed by atoms with Gasteiger partial charge in [0.15, 0.2) is 11.2 Å². The molecule has 0 heterocycles. The van der Waals surface area contributed by atoms with Gasteiger partial charge < -0.3 is 10.1 Å². The van der Waals surface area contributed by atoms with E-state index >= 15 is 0 Å². The first-order valence-corrected chi connectivity index (χ1v) is 9.27.